The maximum Gasteiger partial charge on any atom is 0.318 e. The summed E-state index contributed by atoms with van der Waals surface area (Å²) in [6.07, 6.45) is -0.250. The van der Waals surface area contributed by atoms with Crippen molar-refractivity contribution < 1.29 is 23.6 Å². The van der Waals surface area contributed by atoms with Crippen molar-refractivity contribution in [2.45, 2.75) is 11.3 Å². The molecule has 92 valence electrons. The average Bonchev–Trinajstić information content (AvgIpc) is 2.14. The molecule has 0 aliphatic heterocycles. The number of benzene rings is 1. The number of nitro benzene ring substituents is 1. The van der Waals surface area contributed by atoms with Crippen molar-refractivity contribution in [2.24, 2.45) is 0 Å². The van der Waals surface area contributed by atoms with Crippen molar-refractivity contribution >= 4 is 23.4 Å². The van der Waals surface area contributed by atoms with Crippen LogP contribution < -0.4 is 0 Å². The fourth-order valence-corrected chi connectivity index (χ4v) is 2.08. The second kappa shape index (κ2) is 5.58. The predicted molar refractivity (Wildman–Crippen MR) is 56.0 cm³/mol. The molecule has 1 aromatic rings. The molecule has 0 saturated carbocycles. The predicted octanol–water partition coefficient (Wildman–Crippen LogP) is 2.44. The Labute approximate surface area is 98.6 Å². The number of carboxylic acid groups (broad SMARTS) is 1. The molecule has 0 saturated heterocycles. The summed E-state index contributed by atoms with van der Waals surface area (Å²) in [5, 5.41) is 18.9. The van der Waals surface area contributed by atoms with E-state index in [4.69, 9.17) is 5.11 Å². The van der Waals surface area contributed by atoms with Crippen molar-refractivity contribution in [3.8, 4) is 0 Å². The van der Waals surface area contributed by atoms with Crippen LogP contribution in [-0.4, -0.2) is 21.8 Å². The summed E-state index contributed by atoms with van der Waals surface area (Å²) < 4.78 is 26.0. The van der Waals surface area contributed by atoms with Gasteiger partial charge in [-0.2, -0.15) is 4.39 Å². The zero-order chi connectivity index (χ0) is 13.0. The molecule has 0 heterocycles. The monoisotopic (exact) mass is 263 g/mol. The standard InChI is InChI=1S/C9H7F2NO4S/c10-5-3-6(11)9(12(15)16)7(4-5)17-2-1-8(13)14/h3-4H,1-2H2,(H,13,14). The van der Waals surface area contributed by atoms with Crippen LogP contribution in [0.3, 0.4) is 0 Å². The lowest BCUT2D eigenvalue weighted by atomic mass is 10.3. The second-order valence-electron chi connectivity index (χ2n) is 2.98. The van der Waals surface area contributed by atoms with Crippen LogP contribution >= 0.6 is 11.8 Å². The summed E-state index contributed by atoms with van der Waals surface area (Å²) in [5.74, 6) is -3.30. The van der Waals surface area contributed by atoms with E-state index in [2.05, 4.69) is 0 Å². The lowest BCUT2D eigenvalue weighted by Crippen LogP contribution is -1.99. The SMILES string of the molecule is O=C(O)CCSc1cc(F)cc(F)c1[N+](=O)[O-]. The highest BCUT2D eigenvalue weighted by Gasteiger charge is 2.22. The van der Waals surface area contributed by atoms with E-state index in [1.165, 1.54) is 0 Å². The van der Waals surface area contributed by atoms with Crippen LogP contribution in [0.5, 0.6) is 0 Å². The van der Waals surface area contributed by atoms with E-state index >= 15 is 0 Å². The minimum absolute atomic E-state index is 0.000926. The third-order valence-corrected chi connectivity index (χ3v) is 2.78. The maximum absolute atomic E-state index is 13.1. The molecule has 0 atom stereocenters. The van der Waals surface area contributed by atoms with E-state index in [0.29, 0.717) is 6.07 Å². The van der Waals surface area contributed by atoms with E-state index in [-0.39, 0.29) is 17.1 Å². The number of thioether (sulfide) groups is 1. The summed E-state index contributed by atoms with van der Waals surface area (Å²) in [6.45, 7) is 0. The Bertz CT molecular complexity index is 467. The number of nitro groups is 1. The molecule has 17 heavy (non-hydrogen) atoms. The number of hydrogen-bond acceptors (Lipinski definition) is 4. The number of carbonyl (C=O) groups is 1. The Morgan fingerprint density at radius 3 is 2.65 bits per heavy atom. The van der Waals surface area contributed by atoms with E-state index in [1.807, 2.05) is 0 Å². The van der Waals surface area contributed by atoms with Gasteiger partial charge in [0.15, 0.2) is 0 Å². The first-order chi connectivity index (χ1) is 7.91. The number of rotatable bonds is 5. The van der Waals surface area contributed by atoms with Gasteiger partial charge in [0.05, 0.1) is 16.2 Å². The van der Waals surface area contributed by atoms with Gasteiger partial charge < -0.3 is 5.11 Å². The molecule has 8 heteroatoms. The second-order valence-corrected chi connectivity index (χ2v) is 4.12. The Morgan fingerprint density at radius 2 is 2.12 bits per heavy atom. The van der Waals surface area contributed by atoms with Gasteiger partial charge in [0, 0.05) is 11.8 Å². The smallest absolute Gasteiger partial charge is 0.318 e. The molecule has 0 aromatic heterocycles. The van der Waals surface area contributed by atoms with Crippen LogP contribution in [0.25, 0.3) is 0 Å². The van der Waals surface area contributed by atoms with E-state index in [9.17, 15) is 23.7 Å². The molecule has 0 amide bonds. The number of aliphatic carboxylic acids is 1. The lowest BCUT2D eigenvalue weighted by molar-refractivity contribution is -0.390. The Kier molecular flexibility index (Phi) is 4.38. The van der Waals surface area contributed by atoms with Crippen molar-refractivity contribution in [3.63, 3.8) is 0 Å². The number of hydrogen-bond donors (Lipinski definition) is 1. The first kappa shape index (κ1) is 13.4. The maximum atomic E-state index is 13.1. The molecular weight excluding hydrogens is 256 g/mol. The lowest BCUT2D eigenvalue weighted by Gasteiger charge is -2.03. The molecule has 0 unspecified atom stereocenters. The molecular formula is C9H7F2NO4S. The summed E-state index contributed by atoms with van der Waals surface area (Å²) in [4.78, 5) is 19.6. The molecule has 0 bridgehead atoms. The molecule has 0 aliphatic rings. The van der Waals surface area contributed by atoms with Crippen LogP contribution in [0.1, 0.15) is 6.42 Å². The first-order valence-corrected chi connectivity index (χ1v) is 5.38. The Morgan fingerprint density at radius 1 is 1.47 bits per heavy atom. The molecule has 5 nitrogen and oxygen atoms in total. The third kappa shape index (κ3) is 3.66. The fourth-order valence-electron chi connectivity index (χ4n) is 1.08. The largest absolute Gasteiger partial charge is 0.481 e. The quantitative estimate of drug-likeness (QED) is 0.501. The highest BCUT2D eigenvalue weighted by atomic mass is 32.2. The topological polar surface area (TPSA) is 80.4 Å². The van der Waals surface area contributed by atoms with Crippen LogP contribution in [0, 0.1) is 21.7 Å². The highest BCUT2D eigenvalue weighted by molar-refractivity contribution is 7.99. The fraction of sp³-hybridized carbons (Fsp3) is 0.222. The van der Waals surface area contributed by atoms with Gasteiger partial charge in [-0.1, -0.05) is 0 Å². The van der Waals surface area contributed by atoms with Crippen LogP contribution in [-0.2, 0) is 4.79 Å². The van der Waals surface area contributed by atoms with Crippen LogP contribution in [0.2, 0.25) is 0 Å². The third-order valence-electron chi connectivity index (χ3n) is 1.75. The number of halogens is 2. The zero-order valence-electron chi connectivity index (χ0n) is 8.35. The summed E-state index contributed by atoms with van der Waals surface area (Å²) in [7, 11) is 0. The van der Waals surface area contributed by atoms with Gasteiger partial charge in [-0.3, -0.25) is 14.9 Å². The van der Waals surface area contributed by atoms with Crippen molar-refractivity contribution in [1.29, 1.82) is 0 Å². The van der Waals surface area contributed by atoms with Crippen molar-refractivity contribution in [2.75, 3.05) is 5.75 Å². The van der Waals surface area contributed by atoms with E-state index in [0.717, 1.165) is 17.8 Å². The molecule has 0 aliphatic carbocycles. The Hall–Kier alpha value is -1.70. The van der Waals surface area contributed by atoms with Crippen molar-refractivity contribution in [1.82, 2.24) is 0 Å². The van der Waals surface area contributed by atoms with Gasteiger partial charge in [0.25, 0.3) is 0 Å². The van der Waals surface area contributed by atoms with Gasteiger partial charge in [-0.25, -0.2) is 4.39 Å². The highest BCUT2D eigenvalue weighted by Crippen LogP contribution is 2.32. The van der Waals surface area contributed by atoms with Gasteiger partial charge in [0.2, 0.25) is 5.82 Å². The molecule has 1 N–H and O–H groups in total. The van der Waals surface area contributed by atoms with E-state index < -0.39 is 28.2 Å². The average molecular weight is 263 g/mol. The normalized spacial score (nSPS) is 10.2. The zero-order valence-corrected chi connectivity index (χ0v) is 9.17. The minimum Gasteiger partial charge on any atom is -0.481 e. The molecule has 0 spiro atoms. The van der Waals surface area contributed by atoms with Gasteiger partial charge in [0.1, 0.15) is 5.82 Å². The van der Waals surface area contributed by atoms with Gasteiger partial charge >= 0.3 is 11.7 Å². The molecule has 1 aromatic carbocycles. The number of carboxylic acids is 1. The summed E-state index contributed by atoms with van der Waals surface area (Å²) >= 11 is 0.730. The van der Waals surface area contributed by atoms with Crippen LogP contribution in [0.4, 0.5) is 14.5 Å². The Balaban J connectivity index is 2.96. The van der Waals surface area contributed by atoms with E-state index in [1.54, 1.807) is 0 Å². The molecule has 0 fully saturated rings. The summed E-state index contributed by atoms with van der Waals surface area (Å²) in [6, 6.07) is 1.23. The minimum atomic E-state index is -1.27. The summed E-state index contributed by atoms with van der Waals surface area (Å²) in [5.41, 5.74) is -0.832. The number of nitrogens with zero attached hydrogens (tertiary/aromatic N) is 1. The molecule has 0 radical (unpaired) electrons. The van der Waals surface area contributed by atoms with Gasteiger partial charge in [-0.05, 0) is 6.07 Å². The van der Waals surface area contributed by atoms with Crippen molar-refractivity contribution in [3.05, 3.63) is 33.9 Å². The molecule has 1 rings (SSSR count). The van der Waals surface area contributed by atoms with Crippen LogP contribution in [0.15, 0.2) is 17.0 Å². The first-order valence-electron chi connectivity index (χ1n) is 4.40. The van der Waals surface area contributed by atoms with Gasteiger partial charge in [-0.15, -0.1) is 11.8 Å².